The number of carbonyl (C=O) groups is 2. The Balaban J connectivity index is 1.63. The van der Waals surface area contributed by atoms with E-state index in [0.717, 1.165) is 11.1 Å². The number of rotatable bonds is 5. The number of esters is 2. The molecule has 1 saturated heterocycles. The van der Waals surface area contributed by atoms with E-state index in [1.54, 1.807) is 36.4 Å². The van der Waals surface area contributed by atoms with E-state index in [1.807, 2.05) is 26.0 Å². The van der Waals surface area contributed by atoms with Gasteiger partial charge in [-0.2, -0.15) is 0 Å². The fourth-order valence-corrected chi connectivity index (χ4v) is 2.90. The van der Waals surface area contributed by atoms with Crippen LogP contribution in [0.25, 0.3) is 0 Å². The second-order valence-corrected chi connectivity index (χ2v) is 6.85. The zero-order chi connectivity index (χ0) is 20.3. The average molecular weight is 390 g/mol. The first-order valence-corrected chi connectivity index (χ1v) is 9.02. The summed E-state index contributed by atoms with van der Waals surface area (Å²) < 4.78 is 24.3. The van der Waals surface area contributed by atoms with E-state index in [0.29, 0.717) is 11.1 Å². The van der Waals surface area contributed by atoms with Crippen molar-refractivity contribution in [1.29, 1.82) is 0 Å². The lowest BCUT2D eigenvalue weighted by Crippen LogP contribution is -2.32. The molecule has 1 aliphatic heterocycles. The van der Waals surface area contributed by atoms with Crippen molar-refractivity contribution in [2.24, 2.45) is 0 Å². The summed E-state index contributed by atoms with van der Waals surface area (Å²) in [4.78, 5) is 24.6. The summed E-state index contributed by atoms with van der Waals surface area (Å²) in [5, 5.41) is 0. The Morgan fingerprint density at radius 1 is 1.04 bits per heavy atom. The van der Waals surface area contributed by atoms with Gasteiger partial charge in [-0.05, 0) is 38.1 Å². The highest BCUT2D eigenvalue weighted by Gasteiger charge is 2.38. The lowest BCUT2D eigenvalue weighted by Gasteiger charge is -2.19. The van der Waals surface area contributed by atoms with Gasteiger partial charge in [0.15, 0.2) is 0 Å². The Morgan fingerprint density at radius 2 is 1.56 bits per heavy atom. The quantitative estimate of drug-likeness (QED) is 0.570. The molecular weight excluding hydrogens is 368 g/mol. The van der Waals surface area contributed by atoms with Gasteiger partial charge < -0.3 is 14.2 Å². The maximum Gasteiger partial charge on any atom is 0.338 e. The minimum absolute atomic E-state index is 0.169. The molecule has 1 fully saturated rings. The number of hydrogen-bond donors (Lipinski definition) is 0. The molecule has 0 saturated carbocycles. The molecule has 142 valence electrons. The van der Waals surface area contributed by atoms with E-state index in [1.165, 1.54) is 0 Å². The molecule has 0 unspecified atom stereocenters. The Kier molecular flexibility index (Phi) is 5.70. The second kappa shape index (κ2) is 8.55. The summed E-state index contributed by atoms with van der Waals surface area (Å²) in [7, 11) is 0. The van der Waals surface area contributed by atoms with Crippen molar-refractivity contribution in [2.75, 3.05) is 6.61 Å². The second-order valence-electron chi connectivity index (χ2n) is 6.42. The van der Waals surface area contributed by atoms with Crippen LogP contribution >= 0.6 is 11.6 Å². The number of benzene rings is 2. The molecule has 3 rings (SSSR count). The van der Waals surface area contributed by atoms with Gasteiger partial charge in [0.1, 0.15) is 24.4 Å². The van der Waals surface area contributed by atoms with Crippen LogP contribution in [0.1, 0.15) is 39.6 Å². The van der Waals surface area contributed by atoms with Crippen molar-refractivity contribution in [3.8, 4) is 0 Å². The third-order valence-corrected chi connectivity index (χ3v) is 4.46. The molecule has 0 amide bonds. The Hall–Kier alpha value is -2.37. The zero-order valence-corrected chi connectivity index (χ0v) is 15.8. The van der Waals surface area contributed by atoms with Gasteiger partial charge in [0, 0.05) is 7.77 Å². The first kappa shape index (κ1) is 18.0. The van der Waals surface area contributed by atoms with Crippen LogP contribution in [0.4, 0.5) is 0 Å². The average Bonchev–Trinajstić information content (AvgIpc) is 2.95. The summed E-state index contributed by atoms with van der Waals surface area (Å²) in [5.41, 5.74) is 1.85. The third kappa shape index (κ3) is 5.08. The largest absolute Gasteiger partial charge is 0.459 e. The maximum absolute atomic E-state index is 12.4. The highest BCUT2D eigenvalue weighted by Crippen LogP contribution is 2.27. The molecule has 2 aromatic rings. The van der Waals surface area contributed by atoms with Crippen LogP contribution < -0.4 is 0 Å². The third-order valence-electron chi connectivity index (χ3n) is 4.21. The van der Waals surface area contributed by atoms with Gasteiger partial charge in [0.25, 0.3) is 0 Å². The highest BCUT2D eigenvalue weighted by atomic mass is 35.5. The molecule has 0 spiro atoms. The summed E-state index contributed by atoms with van der Waals surface area (Å²) in [6.45, 7) is 3.66. The fraction of sp³-hybridized carbons (Fsp3) is 0.333. The predicted molar refractivity (Wildman–Crippen MR) is 101 cm³/mol. The molecule has 0 bridgehead atoms. The Bertz CT molecular complexity index is 837. The maximum atomic E-state index is 12.4. The molecule has 0 aromatic heterocycles. The van der Waals surface area contributed by atoms with E-state index in [4.69, 9.17) is 27.2 Å². The monoisotopic (exact) mass is 389 g/mol. The topological polar surface area (TPSA) is 61.8 Å². The van der Waals surface area contributed by atoms with Crippen molar-refractivity contribution in [2.45, 2.75) is 38.0 Å². The minimum atomic E-state index is -0.987. The number of aryl methyl sites for hydroxylation is 2. The Morgan fingerprint density at radius 3 is 2.11 bits per heavy atom. The predicted octanol–water partition coefficient (Wildman–Crippen LogP) is 4.04. The van der Waals surface area contributed by atoms with Crippen LogP contribution in [0.15, 0.2) is 48.5 Å². The number of hydrogen-bond acceptors (Lipinski definition) is 5. The van der Waals surface area contributed by atoms with Crippen LogP contribution in [-0.2, 0) is 14.2 Å². The molecule has 1 heterocycles. The van der Waals surface area contributed by atoms with Gasteiger partial charge >= 0.3 is 11.9 Å². The number of carbonyl (C=O) groups excluding carboxylic acids is 2. The van der Waals surface area contributed by atoms with Crippen LogP contribution in [-0.4, -0.2) is 36.3 Å². The van der Waals surface area contributed by atoms with E-state index in [2.05, 4.69) is 0 Å². The molecule has 27 heavy (non-hydrogen) atoms. The van der Waals surface area contributed by atoms with Crippen LogP contribution in [0.3, 0.4) is 0 Å². The smallest absolute Gasteiger partial charge is 0.338 e. The van der Waals surface area contributed by atoms with Crippen molar-refractivity contribution < 1.29 is 25.2 Å². The van der Waals surface area contributed by atoms with Crippen molar-refractivity contribution >= 4 is 23.5 Å². The van der Waals surface area contributed by atoms with E-state index < -0.39 is 36.1 Å². The van der Waals surface area contributed by atoms with Crippen molar-refractivity contribution in [3.05, 3.63) is 70.8 Å². The van der Waals surface area contributed by atoms with Crippen LogP contribution in [0, 0.1) is 13.8 Å². The first-order valence-electron chi connectivity index (χ1n) is 9.16. The van der Waals surface area contributed by atoms with Gasteiger partial charge in [-0.15, -0.1) is 0 Å². The zero-order valence-electron chi connectivity index (χ0n) is 16.1. The van der Waals surface area contributed by atoms with Gasteiger partial charge in [-0.3, -0.25) is 0 Å². The molecule has 0 N–H and O–H groups in total. The molecule has 0 radical (unpaired) electrons. The summed E-state index contributed by atoms with van der Waals surface area (Å²) >= 11 is 6.01. The first-order chi connectivity index (χ1) is 13.3. The molecular formula is C21H21ClO5. The molecule has 6 heteroatoms. The van der Waals surface area contributed by atoms with E-state index in [-0.39, 0.29) is 6.61 Å². The highest BCUT2D eigenvalue weighted by molar-refractivity contribution is 6.19. The minimum Gasteiger partial charge on any atom is -0.459 e. The number of alkyl halides is 1. The van der Waals surface area contributed by atoms with Gasteiger partial charge in [-0.1, -0.05) is 47.0 Å². The number of ether oxygens (including phenoxy) is 3. The van der Waals surface area contributed by atoms with Gasteiger partial charge in [0.05, 0.1) is 11.1 Å². The Labute approximate surface area is 164 Å². The molecule has 0 aliphatic carbocycles. The lowest BCUT2D eigenvalue weighted by atomic mass is 10.1. The van der Waals surface area contributed by atoms with Crippen LogP contribution in [0.2, 0.25) is 0 Å². The summed E-state index contributed by atoms with van der Waals surface area (Å²) in [6, 6.07) is 13.8. The van der Waals surface area contributed by atoms with E-state index >= 15 is 0 Å². The SMILES string of the molecule is [2H][C@@H]1[C@H](OC(=O)c2ccc(C)cc2)[C@@H](COC(=O)c2ccc(C)cc2)O[C@@H]1Cl. The normalized spacial score (nSPS) is 24.9. The standard InChI is InChI=1S/C21H21ClO5/c1-13-3-7-15(8-4-13)20(23)25-12-18-17(11-19(22)26-18)27-21(24)16-9-5-14(2)6-10-16/h3-10,17-19H,11-12H2,1-2H3/t17-,18+,19-/m0/s1/i11D/t11-,17+,18-,19+/m1. The molecule has 1 aliphatic rings. The summed E-state index contributed by atoms with van der Waals surface area (Å²) in [5.74, 6) is -1.10. The van der Waals surface area contributed by atoms with Crippen LogP contribution in [0.5, 0.6) is 0 Å². The number of halogens is 1. The van der Waals surface area contributed by atoms with E-state index in [9.17, 15) is 9.59 Å². The molecule has 4 atom stereocenters. The fourth-order valence-electron chi connectivity index (χ4n) is 2.62. The molecule has 5 nitrogen and oxygen atoms in total. The van der Waals surface area contributed by atoms with Gasteiger partial charge in [0.2, 0.25) is 0 Å². The van der Waals surface area contributed by atoms with Crippen molar-refractivity contribution in [3.63, 3.8) is 0 Å². The molecule has 2 aromatic carbocycles. The van der Waals surface area contributed by atoms with Gasteiger partial charge in [-0.25, -0.2) is 9.59 Å². The van der Waals surface area contributed by atoms with Crippen molar-refractivity contribution in [1.82, 2.24) is 0 Å². The summed E-state index contributed by atoms with van der Waals surface area (Å²) in [6.07, 6.45) is -2.74. The lowest BCUT2D eigenvalue weighted by molar-refractivity contribution is -0.0322.